The second-order valence-corrected chi connectivity index (χ2v) is 6.50. The molecule has 1 fully saturated rings. The summed E-state index contributed by atoms with van der Waals surface area (Å²) in [6, 6.07) is 0. The van der Waals surface area contributed by atoms with Gasteiger partial charge in [0.05, 0.1) is 11.8 Å². The van der Waals surface area contributed by atoms with Gasteiger partial charge in [-0.1, -0.05) is 6.08 Å². The van der Waals surface area contributed by atoms with E-state index in [2.05, 4.69) is 0 Å². The Kier molecular flexibility index (Phi) is 2.00. The Bertz CT molecular complexity index is 376. The molecule has 0 radical (unpaired) electrons. The summed E-state index contributed by atoms with van der Waals surface area (Å²) in [5, 5.41) is 14.8. The molecule has 15 heavy (non-hydrogen) atoms. The minimum atomic E-state index is -2.85. The summed E-state index contributed by atoms with van der Waals surface area (Å²) >= 11 is 0. The maximum atomic E-state index is 11.1. The van der Waals surface area contributed by atoms with Crippen LogP contribution in [-0.2, 0) is 4.79 Å². The summed E-state index contributed by atoms with van der Waals surface area (Å²) in [7, 11) is -2.85. The monoisotopic (exact) mass is 231 g/mol. The standard InChI is InChI=1S/C8H9NO5S/c10-5-4-6-9(5)2-1-3-15(6,7(11)12)8(13)14/h1-2,6H,3-4H2,(H,11,12)(H,13,14). The van der Waals surface area contributed by atoms with Gasteiger partial charge < -0.3 is 15.1 Å². The van der Waals surface area contributed by atoms with Crippen LogP contribution in [0, 0.1) is 0 Å². The molecule has 82 valence electrons. The quantitative estimate of drug-likeness (QED) is 0.611. The van der Waals surface area contributed by atoms with Crippen molar-refractivity contribution in [2.24, 2.45) is 0 Å². The van der Waals surface area contributed by atoms with Crippen LogP contribution in [0.15, 0.2) is 12.3 Å². The second-order valence-electron chi connectivity index (χ2n) is 3.34. The number of hydrogen-bond donors (Lipinski definition) is 2. The minimum Gasteiger partial charge on any atom is -0.474 e. The van der Waals surface area contributed by atoms with Gasteiger partial charge >= 0.3 is 10.6 Å². The van der Waals surface area contributed by atoms with Crippen LogP contribution in [0.3, 0.4) is 0 Å². The van der Waals surface area contributed by atoms with Crippen molar-refractivity contribution in [3.8, 4) is 0 Å². The van der Waals surface area contributed by atoms with Crippen LogP contribution in [0.5, 0.6) is 0 Å². The van der Waals surface area contributed by atoms with Crippen molar-refractivity contribution in [1.82, 2.24) is 4.90 Å². The lowest BCUT2D eigenvalue weighted by atomic mass is 10.2. The van der Waals surface area contributed by atoms with E-state index in [1.807, 2.05) is 0 Å². The van der Waals surface area contributed by atoms with Gasteiger partial charge in [-0.25, -0.2) is 9.59 Å². The molecule has 0 aromatic rings. The average molecular weight is 231 g/mol. The smallest absolute Gasteiger partial charge is 0.359 e. The summed E-state index contributed by atoms with van der Waals surface area (Å²) in [6.07, 6.45) is 2.96. The summed E-state index contributed by atoms with van der Waals surface area (Å²) in [5.74, 6) is -0.207. The van der Waals surface area contributed by atoms with Gasteiger partial charge in [0.1, 0.15) is 0 Å². The summed E-state index contributed by atoms with van der Waals surface area (Å²) in [5.41, 5.74) is 0. The molecular formula is C8H9NO5S. The highest BCUT2D eigenvalue weighted by atomic mass is 32.3. The number of carboxylic acid groups (broad SMARTS) is 2. The molecule has 2 rings (SSSR count). The van der Waals surface area contributed by atoms with Crippen LogP contribution < -0.4 is 0 Å². The molecule has 1 amide bonds. The van der Waals surface area contributed by atoms with Gasteiger partial charge in [0.15, 0.2) is 0 Å². The maximum absolute atomic E-state index is 11.1. The predicted molar refractivity (Wildman–Crippen MR) is 52.9 cm³/mol. The molecule has 6 nitrogen and oxygen atoms in total. The molecular weight excluding hydrogens is 222 g/mol. The van der Waals surface area contributed by atoms with E-state index in [1.54, 1.807) is 0 Å². The largest absolute Gasteiger partial charge is 0.474 e. The predicted octanol–water partition coefficient (Wildman–Crippen LogP) is 1.23. The summed E-state index contributed by atoms with van der Waals surface area (Å²) in [4.78, 5) is 34.5. The first-order valence-corrected chi connectivity index (χ1v) is 6.10. The molecule has 0 aliphatic carbocycles. The van der Waals surface area contributed by atoms with Crippen molar-refractivity contribution in [3.05, 3.63) is 12.3 Å². The SMILES string of the molecule is O=C1CC2N1C=CCS2(C(=O)O)C(=O)O. The van der Waals surface area contributed by atoms with E-state index in [0.29, 0.717) is 0 Å². The summed E-state index contributed by atoms with van der Waals surface area (Å²) < 4.78 is 0. The van der Waals surface area contributed by atoms with Crippen LogP contribution in [0.1, 0.15) is 6.42 Å². The lowest BCUT2D eigenvalue weighted by Gasteiger charge is -2.50. The van der Waals surface area contributed by atoms with Gasteiger partial charge in [0.2, 0.25) is 5.91 Å². The van der Waals surface area contributed by atoms with Gasteiger partial charge in [-0.2, -0.15) is 0 Å². The molecule has 1 unspecified atom stereocenters. The molecule has 0 aromatic heterocycles. The van der Waals surface area contributed by atoms with Crippen LogP contribution in [-0.4, -0.2) is 42.7 Å². The van der Waals surface area contributed by atoms with Crippen molar-refractivity contribution in [2.75, 3.05) is 5.75 Å². The Morgan fingerprint density at radius 1 is 1.40 bits per heavy atom. The number of hydrogen-bond acceptors (Lipinski definition) is 3. The van der Waals surface area contributed by atoms with Crippen molar-refractivity contribution < 1.29 is 24.6 Å². The summed E-state index contributed by atoms with van der Waals surface area (Å²) in [6.45, 7) is 0. The molecule has 7 heteroatoms. The van der Waals surface area contributed by atoms with Gasteiger partial charge in [0.25, 0.3) is 0 Å². The number of nitrogens with zero attached hydrogens (tertiary/aromatic N) is 1. The van der Waals surface area contributed by atoms with E-state index in [0.717, 1.165) is 0 Å². The second kappa shape index (κ2) is 2.99. The third-order valence-electron chi connectivity index (χ3n) is 2.66. The van der Waals surface area contributed by atoms with E-state index in [4.69, 9.17) is 10.2 Å². The van der Waals surface area contributed by atoms with E-state index < -0.39 is 26.0 Å². The molecule has 0 aromatic carbocycles. The van der Waals surface area contributed by atoms with Gasteiger partial charge in [-0.05, 0) is 10.0 Å². The normalized spacial score (nSPS) is 28.9. The van der Waals surface area contributed by atoms with Crippen molar-refractivity contribution in [3.63, 3.8) is 0 Å². The number of fused-ring (bicyclic) bond motifs is 1. The van der Waals surface area contributed by atoms with Crippen molar-refractivity contribution >= 4 is 26.5 Å². The van der Waals surface area contributed by atoms with E-state index >= 15 is 0 Å². The van der Waals surface area contributed by atoms with Crippen molar-refractivity contribution in [2.45, 2.75) is 11.8 Å². The highest BCUT2D eigenvalue weighted by Gasteiger charge is 2.57. The van der Waals surface area contributed by atoms with E-state index in [9.17, 15) is 14.4 Å². The molecule has 0 bridgehead atoms. The lowest BCUT2D eigenvalue weighted by Crippen LogP contribution is -2.56. The molecule has 0 spiro atoms. The van der Waals surface area contributed by atoms with E-state index in [1.165, 1.54) is 17.2 Å². The van der Waals surface area contributed by atoms with Crippen LogP contribution in [0.25, 0.3) is 0 Å². The molecule has 2 heterocycles. The van der Waals surface area contributed by atoms with Gasteiger partial charge in [-0.3, -0.25) is 4.79 Å². The highest BCUT2D eigenvalue weighted by molar-refractivity contribution is 8.55. The average Bonchev–Trinajstić information content (AvgIpc) is 2.15. The first kappa shape index (κ1) is 10.0. The first-order valence-electron chi connectivity index (χ1n) is 4.24. The van der Waals surface area contributed by atoms with Crippen LogP contribution in [0.2, 0.25) is 0 Å². The molecule has 1 saturated heterocycles. The zero-order valence-electron chi connectivity index (χ0n) is 7.62. The zero-order chi connectivity index (χ0) is 11.2. The Labute approximate surface area is 86.5 Å². The van der Waals surface area contributed by atoms with Crippen LogP contribution >= 0.6 is 10.0 Å². The number of amides is 1. The molecule has 2 aliphatic heterocycles. The van der Waals surface area contributed by atoms with Crippen molar-refractivity contribution in [1.29, 1.82) is 0 Å². The van der Waals surface area contributed by atoms with Gasteiger partial charge in [-0.15, -0.1) is 0 Å². The third-order valence-corrected chi connectivity index (χ3v) is 5.95. The highest BCUT2D eigenvalue weighted by Crippen LogP contribution is 2.60. The lowest BCUT2D eigenvalue weighted by molar-refractivity contribution is -0.137. The Morgan fingerprint density at radius 2 is 2.00 bits per heavy atom. The molecule has 1 atom stereocenters. The van der Waals surface area contributed by atoms with Crippen LogP contribution in [0.4, 0.5) is 9.59 Å². The number of β-lactam (4-membered cyclic amide) rings is 1. The Morgan fingerprint density at radius 3 is 2.47 bits per heavy atom. The Balaban J connectivity index is 2.43. The Hall–Kier alpha value is -1.50. The number of rotatable bonds is 0. The molecule has 2 N–H and O–H groups in total. The minimum absolute atomic E-state index is 0.00606. The fourth-order valence-electron chi connectivity index (χ4n) is 1.79. The third kappa shape index (κ3) is 1.09. The zero-order valence-corrected chi connectivity index (χ0v) is 8.44. The van der Waals surface area contributed by atoms with E-state index in [-0.39, 0.29) is 18.1 Å². The fourth-order valence-corrected chi connectivity index (χ4v) is 4.30. The molecule has 0 saturated carbocycles. The maximum Gasteiger partial charge on any atom is 0.359 e. The number of carbonyl (C=O) groups is 3. The first-order chi connectivity index (χ1) is 7.00. The van der Waals surface area contributed by atoms with Gasteiger partial charge in [0, 0.05) is 12.0 Å². The molecule has 2 aliphatic rings. The fraction of sp³-hybridized carbons (Fsp3) is 0.375. The topological polar surface area (TPSA) is 94.9 Å². The number of carbonyl (C=O) groups excluding carboxylic acids is 1.